The Hall–Kier alpha value is -3.75. The van der Waals surface area contributed by atoms with Crippen LogP contribution in [0.15, 0.2) is 71.6 Å². The third-order valence-corrected chi connectivity index (χ3v) is 14.5. The van der Waals surface area contributed by atoms with Gasteiger partial charge in [0.2, 0.25) is 0 Å². The number of nitro groups is 1. The summed E-state index contributed by atoms with van der Waals surface area (Å²) in [7, 11) is -2.15. The first kappa shape index (κ1) is 42.8. The molecule has 2 heterocycles. The van der Waals surface area contributed by atoms with Crippen molar-refractivity contribution in [2.45, 2.75) is 101 Å². The van der Waals surface area contributed by atoms with Crippen molar-refractivity contribution in [1.82, 2.24) is 14.5 Å². The van der Waals surface area contributed by atoms with Gasteiger partial charge in [0.25, 0.3) is 21.6 Å². The van der Waals surface area contributed by atoms with Crippen LogP contribution in [0, 0.1) is 21.4 Å². The predicted octanol–water partition coefficient (Wildman–Crippen LogP) is 7.35. The molecule has 3 N–H and O–H groups in total. The molecule has 12 nitrogen and oxygen atoms in total. The molecule has 0 radical (unpaired) electrons. The fourth-order valence-electron chi connectivity index (χ4n) is 9.61. The highest BCUT2D eigenvalue weighted by atomic mass is 35.5. The van der Waals surface area contributed by atoms with Gasteiger partial charge in [-0.25, -0.2) is 13.1 Å². The van der Waals surface area contributed by atoms with Crippen molar-refractivity contribution >= 4 is 45.4 Å². The summed E-state index contributed by atoms with van der Waals surface area (Å²) >= 11 is 0. The van der Waals surface area contributed by atoms with E-state index in [-0.39, 0.29) is 40.2 Å². The zero-order chi connectivity index (χ0) is 39.8. The smallest absolute Gasteiger partial charge is 0.293 e. The largest absolute Gasteiger partial charge is 0.390 e. The summed E-state index contributed by atoms with van der Waals surface area (Å²) in [6, 6.07) is 20.6. The Balaban J connectivity index is 0.00000549. The Morgan fingerprint density at radius 2 is 1.63 bits per heavy atom. The lowest BCUT2D eigenvalue weighted by atomic mass is 9.59. The second-order valence-electron chi connectivity index (χ2n) is 17.6. The number of nitrogens with one attached hydrogen (secondary N) is 2. The van der Waals surface area contributed by atoms with E-state index < -0.39 is 26.5 Å². The molecule has 3 aromatic carbocycles. The first-order chi connectivity index (χ1) is 26.6. The Morgan fingerprint density at radius 1 is 0.965 bits per heavy atom. The molecule has 310 valence electrons. The van der Waals surface area contributed by atoms with E-state index in [1.165, 1.54) is 36.1 Å². The molecule has 0 bridgehead atoms. The molecule has 2 saturated heterocycles. The molecule has 1 spiro atoms. The molecule has 4 aliphatic rings. The van der Waals surface area contributed by atoms with E-state index in [1.54, 1.807) is 12.1 Å². The number of amides is 1. The molecule has 4 fully saturated rings. The summed E-state index contributed by atoms with van der Waals surface area (Å²) < 4.78 is 28.6. The number of piperidine rings is 1. The van der Waals surface area contributed by atoms with E-state index in [4.69, 9.17) is 0 Å². The highest BCUT2D eigenvalue weighted by molar-refractivity contribution is 7.90. The quantitative estimate of drug-likeness (QED) is 0.133. The fourth-order valence-corrected chi connectivity index (χ4v) is 10.6. The number of hydrogen-bond acceptors (Lipinski definition) is 10. The maximum Gasteiger partial charge on any atom is 0.293 e. The Labute approximate surface area is 344 Å². The van der Waals surface area contributed by atoms with Crippen molar-refractivity contribution in [3.05, 3.63) is 93.5 Å². The van der Waals surface area contributed by atoms with Crippen molar-refractivity contribution in [3.8, 4) is 0 Å². The molecule has 57 heavy (non-hydrogen) atoms. The predicted molar refractivity (Wildman–Crippen MR) is 227 cm³/mol. The number of anilines is 2. The lowest BCUT2D eigenvalue weighted by Gasteiger charge is -2.58. The fraction of sp³-hybridized carbons (Fsp3) is 0.558. The Kier molecular flexibility index (Phi) is 13.0. The van der Waals surface area contributed by atoms with Gasteiger partial charge in [0.15, 0.2) is 0 Å². The zero-order valence-corrected chi connectivity index (χ0v) is 35.3. The molecule has 7 rings (SSSR count). The third kappa shape index (κ3) is 9.60. The number of halogens is 1. The van der Waals surface area contributed by atoms with Gasteiger partial charge in [-0.2, -0.15) is 0 Å². The minimum absolute atomic E-state index is 0. The second kappa shape index (κ2) is 17.2. The molecule has 2 saturated carbocycles. The van der Waals surface area contributed by atoms with Crippen molar-refractivity contribution < 1.29 is 23.2 Å². The van der Waals surface area contributed by atoms with Crippen LogP contribution in [0.4, 0.5) is 17.1 Å². The summed E-state index contributed by atoms with van der Waals surface area (Å²) in [5, 5.41) is 25.2. The highest BCUT2D eigenvalue weighted by Gasteiger charge is 2.50. The normalized spacial score (nSPS) is 24.4. The van der Waals surface area contributed by atoms with E-state index in [0.717, 1.165) is 70.2 Å². The van der Waals surface area contributed by atoms with Gasteiger partial charge >= 0.3 is 0 Å². The zero-order valence-electron chi connectivity index (χ0n) is 33.7. The number of piperazine rings is 1. The van der Waals surface area contributed by atoms with Crippen LogP contribution < -0.4 is 14.9 Å². The van der Waals surface area contributed by atoms with E-state index in [9.17, 15) is 28.4 Å². The molecular weight excluding hydrogens is 764 g/mol. The number of benzene rings is 3. The molecule has 0 aromatic heterocycles. The maximum atomic E-state index is 13.2. The molecule has 0 unspecified atom stereocenters. The van der Waals surface area contributed by atoms with Gasteiger partial charge in [0.1, 0.15) is 5.69 Å². The average Bonchev–Trinajstić information content (AvgIpc) is 3.16. The highest BCUT2D eigenvalue weighted by Crippen LogP contribution is 2.53. The first-order valence-electron chi connectivity index (χ1n) is 20.3. The topological polar surface area (TPSA) is 148 Å². The van der Waals surface area contributed by atoms with Gasteiger partial charge in [-0.15, -0.1) is 12.4 Å². The van der Waals surface area contributed by atoms with Crippen molar-refractivity contribution in [2.75, 3.05) is 56.5 Å². The lowest BCUT2D eigenvalue weighted by molar-refractivity contribution is -0.384. The van der Waals surface area contributed by atoms with Crippen LogP contribution >= 0.6 is 12.4 Å². The molecular formula is C43H59ClN6O6S. The van der Waals surface area contributed by atoms with Gasteiger partial charge in [-0.3, -0.25) is 19.8 Å². The van der Waals surface area contributed by atoms with Gasteiger partial charge in [0.05, 0.1) is 15.4 Å². The summed E-state index contributed by atoms with van der Waals surface area (Å²) in [5.41, 5.74) is 3.63. The van der Waals surface area contributed by atoms with E-state index >= 15 is 0 Å². The summed E-state index contributed by atoms with van der Waals surface area (Å²) in [4.78, 5) is 31.7. The average molecular weight is 824 g/mol. The van der Waals surface area contributed by atoms with Crippen molar-refractivity contribution in [2.24, 2.45) is 11.3 Å². The number of rotatable bonds is 11. The second-order valence-corrected chi connectivity index (χ2v) is 19.3. The van der Waals surface area contributed by atoms with Crippen LogP contribution in [-0.4, -0.2) is 92.1 Å². The van der Waals surface area contributed by atoms with Crippen LogP contribution in [0.2, 0.25) is 0 Å². The van der Waals surface area contributed by atoms with Gasteiger partial charge in [-0.05, 0) is 130 Å². The van der Waals surface area contributed by atoms with Crippen LogP contribution in [0.1, 0.15) is 106 Å². The van der Waals surface area contributed by atoms with Crippen molar-refractivity contribution in [3.63, 3.8) is 0 Å². The van der Waals surface area contributed by atoms with Gasteiger partial charge < -0.3 is 20.2 Å². The maximum absolute atomic E-state index is 13.2. The molecule has 3 aromatic rings. The minimum atomic E-state index is -4.39. The summed E-state index contributed by atoms with van der Waals surface area (Å²) in [5.74, 6) is -0.0685. The standard InChI is InChI=1S/C43H58N6O6S.ClH/c1-30(2)36-7-5-6-8-37(36)40-29-46(4)23-24-48(40)34-26-43(27-34)19-21-47(22-20-43)33-11-9-32(10-12-33)41(50)45-56(54,55)35-13-14-38(39(25-35)49(52)53)44-28-31-15-17-42(3,51)18-16-31;/h5-14,25,30-31,34,40,44,51H,15-24,26-29H2,1-4H3,(H,45,50);1H/t31?,40-,42?;/m1./s1. The molecule has 2 aliphatic carbocycles. The Bertz CT molecular complexity index is 2000. The number of aliphatic hydroxyl groups is 1. The van der Waals surface area contributed by atoms with Crippen LogP contribution in [-0.2, 0) is 10.0 Å². The molecule has 1 atom stereocenters. The van der Waals surface area contributed by atoms with E-state index in [2.05, 4.69) is 69.9 Å². The molecule has 2 aliphatic heterocycles. The third-order valence-electron chi connectivity index (χ3n) is 13.2. The first-order valence-corrected chi connectivity index (χ1v) is 21.8. The summed E-state index contributed by atoms with van der Waals surface area (Å²) in [6.45, 7) is 12.0. The molecule has 14 heteroatoms. The SMILES string of the molecule is CC(C)c1ccccc1[C@H]1CN(C)CCN1C1CC2(CCN(c3ccc(C(=O)NS(=O)(=O)c4ccc(NCC5CCC(C)(O)CC5)c([N+](=O)[O-])c4)cc3)CC2)C1.Cl. The number of sulfonamides is 1. The van der Waals surface area contributed by atoms with E-state index in [1.807, 2.05) is 19.1 Å². The number of likely N-dealkylation sites (N-methyl/N-ethyl adjacent to an activating group) is 1. The van der Waals surface area contributed by atoms with Crippen LogP contribution in [0.5, 0.6) is 0 Å². The number of nitro benzene ring substituents is 1. The number of carbonyl (C=O) groups is 1. The van der Waals surface area contributed by atoms with E-state index in [0.29, 0.717) is 42.8 Å². The number of nitrogens with zero attached hydrogens (tertiary/aromatic N) is 4. The lowest BCUT2D eigenvalue weighted by Crippen LogP contribution is -2.59. The monoisotopic (exact) mass is 822 g/mol. The number of hydrogen-bond donors (Lipinski definition) is 3. The molecule has 1 amide bonds. The van der Waals surface area contributed by atoms with Gasteiger partial charge in [-0.1, -0.05) is 38.1 Å². The summed E-state index contributed by atoms with van der Waals surface area (Å²) in [6.07, 6.45) is 7.60. The van der Waals surface area contributed by atoms with Gasteiger partial charge in [0, 0.05) is 68.7 Å². The number of carbonyl (C=O) groups excluding carboxylic acids is 1. The van der Waals surface area contributed by atoms with Crippen molar-refractivity contribution in [1.29, 1.82) is 0 Å². The Morgan fingerprint density at radius 3 is 2.28 bits per heavy atom. The minimum Gasteiger partial charge on any atom is -0.390 e. The van der Waals surface area contributed by atoms with Crippen LogP contribution in [0.25, 0.3) is 0 Å². The van der Waals surface area contributed by atoms with Crippen LogP contribution in [0.3, 0.4) is 0 Å².